The molecule has 0 spiro atoms. The van der Waals surface area contributed by atoms with Crippen LogP contribution in [0.25, 0.3) is 11.0 Å². The third-order valence-corrected chi connectivity index (χ3v) is 3.63. The molecule has 4 nitrogen and oxygen atoms in total. The van der Waals surface area contributed by atoms with E-state index in [-0.39, 0.29) is 6.04 Å². The Morgan fingerprint density at radius 1 is 1.35 bits per heavy atom. The summed E-state index contributed by atoms with van der Waals surface area (Å²) in [4.78, 5) is 7.12. The highest BCUT2D eigenvalue weighted by atomic mass is 16.3. The van der Waals surface area contributed by atoms with E-state index in [2.05, 4.69) is 41.3 Å². The monoisotopic (exact) mass is 269 g/mol. The molecule has 2 aromatic heterocycles. The van der Waals surface area contributed by atoms with E-state index >= 15 is 0 Å². The molecule has 0 bridgehead atoms. The lowest BCUT2D eigenvalue weighted by atomic mass is 10.1. The fourth-order valence-electron chi connectivity index (χ4n) is 2.57. The number of benzene rings is 1. The van der Waals surface area contributed by atoms with Gasteiger partial charge in [0.1, 0.15) is 11.3 Å². The molecule has 1 atom stereocenters. The Labute approximate surface area is 118 Å². The Bertz CT molecular complexity index is 685. The predicted octanol–water partition coefficient (Wildman–Crippen LogP) is 3.57. The second-order valence-electron chi connectivity index (χ2n) is 4.97. The highest BCUT2D eigenvalue weighted by molar-refractivity contribution is 5.82. The van der Waals surface area contributed by atoms with Crippen LogP contribution in [-0.2, 0) is 13.0 Å². The highest BCUT2D eigenvalue weighted by Crippen LogP contribution is 2.30. The number of aromatic nitrogens is 2. The standard InChI is InChI=1S/C16H19N3O/c1-3-13-14-6-4-5-7-15(14)20-16(13)11(2)18-9-12-8-17-10-19-12/h4-8,10-11,18H,3,9H2,1-2H3,(H,17,19). The van der Waals surface area contributed by atoms with Gasteiger partial charge in [0, 0.05) is 29.4 Å². The van der Waals surface area contributed by atoms with Crippen LogP contribution in [-0.4, -0.2) is 9.97 Å². The van der Waals surface area contributed by atoms with Gasteiger partial charge in [0.25, 0.3) is 0 Å². The number of H-pyrrole nitrogens is 1. The summed E-state index contributed by atoms with van der Waals surface area (Å²) in [6, 6.07) is 8.39. The molecular weight excluding hydrogens is 250 g/mol. The van der Waals surface area contributed by atoms with Crippen LogP contribution in [0.3, 0.4) is 0 Å². The Morgan fingerprint density at radius 3 is 2.95 bits per heavy atom. The predicted molar refractivity (Wildman–Crippen MR) is 79.4 cm³/mol. The van der Waals surface area contributed by atoms with Gasteiger partial charge in [-0.1, -0.05) is 25.1 Å². The van der Waals surface area contributed by atoms with Gasteiger partial charge in [-0.15, -0.1) is 0 Å². The third kappa shape index (κ3) is 2.34. The molecule has 1 aromatic carbocycles. The van der Waals surface area contributed by atoms with E-state index in [1.165, 1.54) is 10.9 Å². The first-order valence-electron chi connectivity index (χ1n) is 7.00. The van der Waals surface area contributed by atoms with Crippen LogP contribution in [0.4, 0.5) is 0 Å². The summed E-state index contributed by atoms with van der Waals surface area (Å²) in [5.74, 6) is 1.04. The van der Waals surface area contributed by atoms with Crippen LogP contribution in [0, 0.1) is 0 Å². The number of fused-ring (bicyclic) bond motifs is 1. The van der Waals surface area contributed by atoms with E-state index in [4.69, 9.17) is 4.42 Å². The molecule has 3 rings (SSSR count). The minimum atomic E-state index is 0.167. The first-order valence-corrected chi connectivity index (χ1v) is 7.00. The van der Waals surface area contributed by atoms with Crippen molar-refractivity contribution in [1.29, 1.82) is 0 Å². The molecule has 104 valence electrons. The normalized spacial score (nSPS) is 12.9. The number of aromatic amines is 1. The van der Waals surface area contributed by atoms with Gasteiger partial charge in [0.05, 0.1) is 12.4 Å². The van der Waals surface area contributed by atoms with E-state index in [9.17, 15) is 0 Å². The van der Waals surface area contributed by atoms with Crippen molar-refractivity contribution in [3.63, 3.8) is 0 Å². The van der Waals surface area contributed by atoms with Crippen LogP contribution in [0.1, 0.15) is 36.9 Å². The van der Waals surface area contributed by atoms with Crippen LogP contribution in [0.15, 0.2) is 41.2 Å². The summed E-state index contributed by atoms with van der Waals surface area (Å²) in [7, 11) is 0. The Balaban J connectivity index is 1.85. The summed E-state index contributed by atoms with van der Waals surface area (Å²) in [6.45, 7) is 5.05. The SMILES string of the molecule is CCc1c(C(C)NCc2cnc[nH]2)oc2ccccc12. The number of hydrogen-bond donors (Lipinski definition) is 2. The maximum atomic E-state index is 6.03. The van der Waals surface area contributed by atoms with Gasteiger partial charge in [0.15, 0.2) is 0 Å². The number of hydrogen-bond acceptors (Lipinski definition) is 3. The number of nitrogens with one attached hydrogen (secondary N) is 2. The molecular formula is C16H19N3O. The number of aryl methyl sites for hydroxylation is 1. The molecule has 0 aliphatic rings. The zero-order valence-electron chi connectivity index (χ0n) is 11.8. The lowest BCUT2D eigenvalue weighted by molar-refractivity contribution is 0.444. The molecule has 0 saturated carbocycles. The van der Waals surface area contributed by atoms with Crippen molar-refractivity contribution < 1.29 is 4.42 Å². The lowest BCUT2D eigenvalue weighted by Gasteiger charge is -2.12. The number of rotatable bonds is 5. The second kappa shape index (κ2) is 5.51. The summed E-state index contributed by atoms with van der Waals surface area (Å²) in [5, 5.41) is 4.69. The smallest absolute Gasteiger partial charge is 0.134 e. The van der Waals surface area contributed by atoms with Crippen LogP contribution >= 0.6 is 0 Å². The first kappa shape index (κ1) is 12.9. The molecule has 0 radical (unpaired) electrons. The van der Waals surface area contributed by atoms with Crippen molar-refractivity contribution >= 4 is 11.0 Å². The van der Waals surface area contributed by atoms with Crippen molar-refractivity contribution in [1.82, 2.24) is 15.3 Å². The van der Waals surface area contributed by atoms with Crippen LogP contribution in [0.5, 0.6) is 0 Å². The Morgan fingerprint density at radius 2 is 2.20 bits per heavy atom. The fraction of sp³-hybridized carbons (Fsp3) is 0.312. The average Bonchev–Trinajstić information content (AvgIpc) is 3.11. The number of furan rings is 1. The zero-order valence-corrected chi connectivity index (χ0v) is 11.8. The van der Waals surface area contributed by atoms with E-state index < -0.39 is 0 Å². The van der Waals surface area contributed by atoms with Crippen molar-refractivity contribution in [2.75, 3.05) is 0 Å². The minimum absolute atomic E-state index is 0.167. The summed E-state index contributed by atoms with van der Waals surface area (Å²) < 4.78 is 6.03. The molecule has 0 saturated heterocycles. The fourth-order valence-corrected chi connectivity index (χ4v) is 2.57. The summed E-state index contributed by atoms with van der Waals surface area (Å²) >= 11 is 0. The number of imidazole rings is 1. The van der Waals surface area contributed by atoms with Gasteiger partial charge in [-0.3, -0.25) is 0 Å². The van der Waals surface area contributed by atoms with Crippen LogP contribution < -0.4 is 5.32 Å². The number of nitrogens with zero attached hydrogens (tertiary/aromatic N) is 1. The first-order chi connectivity index (χ1) is 9.79. The third-order valence-electron chi connectivity index (χ3n) is 3.63. The molecule has 2 heterocycles. The average molecular weight is 269 g/mol. The topological polar surface area (TPSA) is 53.9 Å². The quantitative estimate of drug-likeness (QED) is 0.744. The van der Waals surface area contributed by atoms with Gasteiger partial charge in [0.2, 0.25) is 0 Å². The summed E-state index contributed by atoms with van der Waals surface area (Å²) in [6.07, 6.45) is 4.50. The van der Waals surface area contributed by atoms with E-state index in [0.717, 1.165) is 30.0 Å². The van der Waals surface area contributed by atoms with Crippen molar-refractivity contribution in [2.24, 2.45) is 0 Å². The van der Waals surface area contributed by atoms with E-state index in [1.54, 1.807) is 6.33 Å². The zero-order chi connectivity index (χ0) is 13.9. The van der Waals surface area contributed by atoms with Gasteiger partial charge < -0.3 is 14.7 Å². The molecule has 0 aliphatic carbocycles. The van der Waals surface area contributed by atoms with E-state index in [0.29, 0.717) is 0 Å². The Hall–Kier alpha value is -2.07. The van der Waals surface area contributed by atoms with Crippen molar-refractivity contribution in [3.8, 4) is 0 Å². The summed E-state index contributed by atoms with van der Waals surface area (Å²) in [5.41, 5.74) is 3.34. The second-order valence-corrected chi connectivity index (χ2v) is 4.97. The van der Waals surface area contributed by atoms with Crippen LogP contribution in [0.2, 0.25) is 0 Å². The molecule has 0 fully saturated rings. The molecule has 1 unspecified atom stereocenters. The molecule has 4 heteroatoms. The van der Waals surface area contributed by atoms with Gasteiger partial charge in [-0.25, -0.2) is 4.98 Å². The minimum Gasteiger partial charge on any atom is -0.459 e. The van der Waals surface area contributed by atoms with Gasteiger partial charge >= 0.3 is 0 Å². The lowest BCUT2D eigenvalue weighted by Crippen LogP contribution is -2.18. The largest absolute Gasteiger partial charge is 0.459 e. The van der Waals surface area contributed by atoms with Crippen molar-refractivity contribution in [2.45, 2.75) is 32.9 Å². The Kier molecular flexibility index (Phi) is 3.56. The molecule has 3 aromatic rings. The van der Waals surface area contributed by atoms with E-state index in [1.807, 2.05) is 18.3 Å². The van der Waals surface area contributed by atoms with Crippen molar-refractivity contribution in [3.05, 3.63) is 53.8 Å². The maximum absolute atomic E-state index is 6.03. The molecule has 0 aliphatic heterocycles. The molecule has 0 amide bonds. The maximum Gasteiger partial charge on any atom is 0.134 e. The van der Waals surface area contributed by atoms with Gasteiger partial charge in [-0.05, 0) is 19.4 Å². The highest BCUT2D eigenvalue weighted by Gasteiger charge is 2.17. The molecule has 2 N–H and O–H groups in total. The number of para-hydroxylation sites is 1. The van der Waals surface area contributed by atoms with Gasteiger partial charge in [-0.2, -0.15) is 0 Å². The molecule has 20 heavy (non-hydrogen) atoms.